The Hall–Kier alpha value is -1.64. The summed E-state index contributed by atoms with van der Waals surface area (Å²) in [5.74, 6) is 0.628. The zero-order valence-corrected chi connectivity index (χ0v) is 19.0. The quantitative estimate of drug-likeness (QED) is 0.633. The van der Waals surface area contributed by atoms with E-state index >= 15 is 0 Å². The van der Waals surface area contributed by atoms with E-state index in [1.165, 1.54) is 42.8 Å². The average Bonchev–Trinajstić information content (AvgIpc) is 2.77. The minimum absolute atomic E-state index is 0.149. The third kappa shape index (κ3) is 5.74. The lowest BCUT2D eigenvalue weighted by Crippen LogP contribution is -2.38. The molecule has 1 amide bonds. The Bertz CT molecular complexity index is 814. The number of hydrogen-bond donors (Lipinski definition) is 1. The van der Waals surface area contributed by atoms with Crippen molar-refractivity contribution in [2.45, 2.75) is 50.3 Å². The fraction of sp³-hybridized carbons (Fsp3) is 0.682. The Balaban J connectivity index is 1.64. The summed E-state index contributed by atoms with van der Waals surface area (Å²) >= 11 is 0. The molecule has 0 saturated carbocycles. The zero-order chi connectivity index (χ0) is 21.6. The van der Waals surface area contributed by atoms with Crippen LogP contribution in [-0.4, -0.2) is 69.9 Å². The fourth-order valence-corrected chi connectivity index (χ4v) is 5.68. The lowest BCUT2D eigenvalue weighted by Gasteiger charge is -2.29. The number of amides is 1. The van der Waals surface area contributed by atoms with Gasteiger partial charge in [0.2, 0.25) is 10.0 Å². The molecule has 2 heterocycles. The summed E-state index contributed by atoms with van der Waals surface area (Å²) in [6, 6.07) is 4.55. The summed E-state index contributed by atoms with van der Waals surface area (Å²) < 4.78 is 32.9. The number of carbonyl (C=O) groups excluding carboxylic acids is 1. The minimum Gasteiger partial charge on any atom is -0.496 e. The highest BCUT2D eigenvalue weighted by atomic mass is 32.2. The number of rotatable bonds is 8. The van der Waals surface area contributed by atoms with E-state index in [9.17, 15) is 13.2 Å². The normalized spacial score (nSPS) is 19.5. The van der Waals surface area contributed by atoms with Crippen molar-refractivity contribution in [1.82, 2.24) is 14.5 Å². The van der Waals surface area contributed by atoms with Crippen LogP contribution in [0.1, 0.15) is 55.8 Å². The van der Waals surface area contributed by atoms with E-state index in [1.54, 1.807) is 6.07 Å². The summed E-state index contributed by atoms with van der Waals surface area (Å²) in [5, 5.41) is 2.92. The molecule has 0 bridgehead atoms. The molecule has 7 nitrogen and oxygen atoms in total. The SMILES string of the molecule is COc1ccc(S(=O)(=O)N2CCC(C)CC2)cc1C(=O)NCCCN1CCCCC1. The molecule has 1 aromatic carbocycles. The standard InChI is InChI=1S/C22H35N3O4S/c1-18-9-15-25(16-10-18)30(27,28)19-7-8-21(29-2)20(17-19)22(26)23-11-6-14-24-12-4-3-5-13-24/h7-8,17-18H,3-6,9-16H2,1-2H3,(H,23,26). The highest BCUT2D eigenvalue weighted by Gasteiger charge is 2.29. The van der Waals surface area contributed by atoms with Gasteiger partial charge in [-0.3, -0.25) is 4.79 Å². The molecule has 0 atom stereocenters. The van der Waals surface area contributed by atoms with Gasteiger partial charge < -0.3 is 15.0 Å². The second-order valence-electron chi connectivity index (χ2n) is 8.46. The molecule has 2 aliphatic heterocycles. The molecule has 0 unspecified atom stereocenters. The molecule has 0 radical (unpaired) electrons. The molecule has 0 aromatic heterocycles. The summed E-state index contributed by atoms with van der Waals surface area (Å²) in [4.78, 5) is 15.3. The summed E-state index contributed by atoms with van der Waals surface area (Å²) in [5.41, 5.74) is 0.266. The highest BCUT2D eigenvalue weighted by molar-refractivity contribution is 7.89. The van der Waals surface area contributed by atoms with Crippen LogP contribution in [0.5, 0.6) is 5.75 Å². The zero-order valence-electron chi connectivity index (χ0n) is 18.2. The molecule has 3 rings (SSSR count). The van der Waals surface area contributed by atoms with E-state index < -0.39 is 10.0 Å². The molecule has 2 saturated heterocycles. The number of carbonyl (C=O) groups is 1. The lowest BCUT2D eigenvalue weighted by molar-refractivity contribution is 0.0948. The van der Waals surface area contributed by atoms with E-state index in [4.69, 9.17) is 4.74 Å². The van der Waals surface area contributed by atoms with Crippen LogP contribution in [0.25, 0.3) is 0 Å². The first-order chi connectivity index (χ1) is 14.4. The second-order valence-corrected chi connectivity index (χ2v) is 10.4. The van der Waals surface area contributed by atoms with Crippen molar-refractivity contribution in [3.8, 4) is 5.75 Å². The van der Waals surface area contributed by atoms with Crippen molar-refractivity contribution < 1.29 is 17.9 Å². The van der Waals surface area contributed by atoms with Gasteiger partial charge in [-0.15, -0.1) is 0 Å². The largest absolute Gasteiger partial charge is 0.496 e. The smallest absolute Gasteiger partial charge is 0.255 e. The van der Waals surface area contributed by atoms with E-state index in [1.807, 2.05) is 0 Å². The molecule has 2 aliphatic rings. The molecule has 30 heavy (non-hydrogen) atoms. The van der Waals surface area contributed by atoms with E-state index in [0.717, 1.165) is 38.9 Å². The molecular weight excluding hydrogens is 402 g/mol. The van der Waals surface area contributed by atoms with Gasteiger partial charge in [0.05, 0.1) is 17.6 Å². The van der Waals surface area contributed by atoms with Crippen LogP contribution in [0.3, 0.4) is 0 Å². The third-order valence-corrected chi connectivity index (χ3v) is 8.08. The average molecular weight is 438 g/mol. The lowest BCUT2D eigenvalue weighted by atomic mass is 10.0. The molecule has 1 N–H and O–H groups in total. The number of nitrogens with one attached hydrogen (secondary N) is 1. The predicted octanol–water partition coefficient (Wildman–Crippen LogP) is 2.72. The number of benzene rings is 1. The molecule has 0 aliphatic carbocycles. The summed E-state index contributed by atoms with van der Waals surface area (Å²) in [6.45, 7) is 6.98. The number of nitrogens with zero attached hydrogens (tertiary/aromatic N) is 2. The van der Waals surface area contributed by atoms with Gasteiger partial charge in [0.15, 0.2) is 0 Å². The van der Waals surface area contributed by atoms with Gasteiger partial charge in [0.25, 0.3) is 5.91 Å². The second kappa shape index (κ2) is 10.6. The van der Waals surface area contributed by atoms with Crippen LogP contribution in [0, 0.1) is 5.92 Å². The van der Waals surface area contributed by atoms with Crippen LogP contribution in [0.2, 0.25) is 0 Å². The number of likely N-dealkylation sites (tertiary alicyclic amines) is 1. The van der Waals surface area contributed by atoms with E-state index in [-0.39, 0.29) is 16.4 Å². The van der Waals surface area contributed by atoms with E-state index in [2.05, 4.69) is 17.1 Å². The van der Waals surface area contributed by atoms with Gasteiger partial charge in [-0.25, -0.2) is 8.42 Å². The molecule has 168 valence electrons. The van der Waals surface area contributed by atoms with Gasteiger partial charge in [0, 0.05) is 19.6 Å². The van der Waals surface area contributed by atoms with Crippen molar-refractivity contribution in [3.05, 3.63) is 23.8 Å². The maximum Gasteiger partial charge on any atom is 0.255 e. The van der Waals surface area contributed by atoms with Crippen LogP contribution in [-0.2, 0) is 10.0 Å². The van der Waals surface area contributed by atoms with Crippen molar-refractivity contribution in [2.24, 2.45) is 5.92 Å². The van der Waals surface area contributed by atoms with Crippen LogP contribution in [0.15, 0.2) is 23.1 Å². The number of methoxy groups -OCH3 is 1. The Kier molecular flexibility index (Phi) is 8.13. The van der Waals surface area contributed by atoms with E-state index in [0.29, 0.717) is 31.3 Å². The molecule has 0 spiro atoms. The number of hydrogen-bond acceptors (Lipinski definition) is 5. The van der Waals surface area contributed by atoms with Crippen molar-refractivity contribution in [3.63, 3.8) is 0 Å². The maximum atomic E-state index is 13.1. The minimum atomic E-state index is -3.62. The summed E-state index contributed by atoms with van der Waals surface area (Å²) in [6.07, 6.45) is 6.40. The first-order valence-corrected chi connectivity index (χ1v) is 12.5. The van der Waals surface area contributed by atoms with Crippen LogP contribution in [0.4, 0.5) is 0 Å². The predicted molar refractivity (Wildman–Crippen MR) is 117 cm³/mol. The van der Waals surface area contributed by atoms with Gasteiger partial charge in [-0.1, -0.05) is 13.3 Å². The van der Waals surface area contributed by atoms with Gasteiger partial charge in [-0.2, -0.15) is 4.31 Å². The van der Waals surface area contributed by atoms with Gasteiger partial charge in [-0.05, 0) is 75.9 Å². The van der Waals surface area contributed by atoms with Crippen molar-refractivity contribution in [1.29, 1.82) is 0 Å². The third-order valence-electron chi connectivity index (χ3n) is 6.18. The van der Waals surface area contributed by atoms with Crippen molar-refractivity contribution >= 4 is 15.9 Å². The number of sulfonamides is 1. The highest BCUT2D eigenvalue weighted by Crippen LogP contribution is 2.27. The molecule has 2 fully saturated rings. The Morgan fingerprint density at radius 2 is 1.83 bits per heavy atom. The number of piperidine rings is 2. The molecule has 1 aromatic rings. The molecule has 8 heteroatoms. The monoisotopic (exact) mass is 437 g/mol. The number of ether oxygens (including phenoxy) is 1. The first kappa shape index (κ1) is 23.0. The topological polar surface area (TPSA) is 79.0 Å². The van der Waals surface area contributed by atoms with Crippen molar-refractivity contribution in [2.75, 3.05) is 46.4 Å². The first-order valence-electron chi connectivity index (χ1n) is 11.1. The van der Waals surface area contributed by atoms with Crippen LogP contribution >= 0.6 is 0 Å². The fourth-order valence-electron chi connectivity index (χ4n) is 4.18. The van der Waals surface area contributed by atoms with Crippen LogP contribution < -0.4 is 10.1 Å². The summed E-state index contributed by atoms with van der Waals surface area (Å²) in [7, 11) is -2.13. The van der Waals surface area contributed by atoms with Gasteiger partial charge in [0.1, 0.15) is 5.75 Å². The molecular formula is C22H35N3O4S. The maximum absolute atomic E-state index is 13.1. The Labute approximate surface area is 180 Å². The Morgan fingerprint density at radius 3 is 2.50 bits per heavy atom. The van der Waals surface area contributed by atoms with Gasteiger partial charge >= 0.3 is 0 Å². The Morgan fingerprint density at radius 1 is 1.13 bits per heavy atom.